The highest BCUT2D eigenvalue weighted by Gasteiger charge is 1.98. The largest absolute Gasteiger partial charge is 0.282 e. The van der Waals surface area contributed by atoms with E-state index >= 15 is 0 Å². The smallest absolute Gasteiger partial charge is 0.235 e. The lowest BCUT2D eigenvalue weighted by Gasteiger charge is -2.06. The van der Waals surface area contributed by atoms with Crippen LogP contribution in [0.15, 0.2) is 16.6 Å². The average molecular weight is 244 g/mol. The monoisotopic (exact) mass is 243 g/mol. The number of amides is 1. The topological polar surface area (TPSA) is 54.0 Å². The van der Waals surface area contributed by atoms with Gasteiger partial charge in [0.2, 0.25) is 5.91 Å². The molecule has 0 atom stereocenters. The molecular formula is C8H10BrN3O. The van der Waals surface area contributed by atoms with E-state index < -0.39 is 0 Å². The number of carbonyl (C=O) groups is 1. The van der Waals surface area contributed by atoms with Crippen LogP contribution in [-0.2, 0) is 4.79 Å². The van der Waals surface area contributed by atoms with Crippen molar-refractivity contribution in [2.24, 2.45) is 0 Å². The first kappa shape index (κ1) is 9.98. The van der Waals surface area contributed by atoms with Crippen molar-refractivity contribution in [1.29, 1.82) is 0 Å². The van der Waals surface area contributed by atoms with Gasteiger partial charge in [-0.05, 0) is 35.0 Å². The number of hydrogen-bond donors (Lipinski definition) is 2. The number of carbonyl (C=O) groups excluding carboxylic acids is 1. The number of rotatable bonds is 2. The Morgan fingerprint density at radius 3 is 2.77 bits per heavy atom. The van der Waals surface area contributed by atoms with Gasteiger partial charge in [0.15, 0.2) is 0 Å². The van der Waals surface area contributed by atoms with E-state index in [0.717, 1.165) is 10.2 Å². The van der Waals surface area contributed by atoms with Crippen molar-refractivity contribution >= 4 is 27.7 Å². The molecule has 0 fully saturated rings. The van der Waals surface area contributed by atoms with Gasteiger partial charge in [-0.15, -0.1) is 0 Å². The van der Waals surface area contributed by atoms with Crippen molar-refractivity contribution in [3.63, 3.8) is 0 Å². The Balaban J connectivity index is 2.68. The Labute approximate surface area is 84.8 Å². The van der Waals surface area contributed by atoms with Gasteiger partial charge in [-0.1, -0.05) is 0 Å². The number of nitrogens with zero attached hydrogens (tertiary/aromatic N) is 1. The van der Waals surface area contributed by atoms with E-state index in [9.17, 15) is 4.79 Å². The molecule has 2 N–H and O–H groups in total. The molecule has 0 aromatic carbocycles. The standard InChI is InChI=1S/C8H10BrN3O/c1-5-7(9)3-4-8(10-5)12-11-6(2)13/h3-4H,1-2H3,(H,10,12)(H,11,13). The maximum absolute atomic E-state index is 10.6. The number of aromatic nitrogens is 1. The van der Waals surface area contributed by atoms with Gasteiger partial charge < -0.3 is 0 Å². The van der Waals surface area contributed by atoms with Gasteiger partial charge >= 0.3 is 0 Å². The first-order valence-electron chi connectivity index (χ1n) is 3.75. The second-order valence-corrected chi connectivity index (χ2v) is 3.42. The van der Waals surface area contributed by atoms with Crippen LogP contribution in [-0.4, -0.2) is 10.9 Å². The Morgan fingerprint density at radius 1 is 1.54 bits per heavy atom. The second kappa shape index (κ2) is 4.23. The van der Waals surface area contributed by atoms with Gasteiger partial charge in [-0.2, -0.15) is 0 Å². The highest BCUT2D eigenvalue weighted by molar-refractivity contribution is 9.10. The first-order chi connectivity index (χ1) is 6.09. The molecule has 5 heteroatoms. The molecule has 1 rings (SSSR count). The fraction of sp³-hybridized carbons (Fsp3) is 0.250. The van der Waals surface area contributed by atoms with E-state index in [-0.39, 0.29) is 5.91 Å². The van der Waals surface area contributed by atoms with Crippen LogP contribution in [0.2, 0.25) is 0 Å². The van der Waals surface area contributed by atoms with Crippen molar-refractivity contribution in [1.82, 2.24) is 10.4 Å². The van der Waals surface area contributed by atoms with Crippen molar-refractivity contribution in [3.8, 4) is 0 Å². The van der Waals surface area contributed by atoms with Crippen LogP contribution in [0.25, 0.3) is 0 Å². The molecular weight excluding hydrogens is 234 g/mol. The Hall–Kier alpha value is -1.10. The molecule has 0 aliphatic rings. The third-order valence-corrected chi connectivity index (χ3v) is 2.23. The summed E-state index contributed by atoms with van der Waals surface area (Å²) in [5, 5.41) is 0. The molecule has 0 aliphatic carbocycles. The molecule has 1 amide bonds. The highest BCUT2D eigenvalue weighted by atomic mass is 79.9. The normalized spacial score (nSPS) is 9.46. The lowest BCUT2D eigenvalue weighted by molar-refractivity contribution is -0.118. The summed E-state index contributed by atoms with van der Waals surface area (Å²) >= 11 is 3.33. The lowest BCUT2D eigenvalue weighted by atomic mass is 10.4. The minimum absolute atomic E-state index is 0.151. The second-order valence-electron chi connectivity index (χ2n) is 2.57. The Morgan fingerprint density at radius 2 is 2.23 bits per heavy atom. The SMILES string of the molecule is CC(=O)NNc1ccc(Br)c(C)n1. The predicted molar refractivity (Wildman–Crippen MR) is 54.1 cm³/mol. The van der Waals surface area contributed by atoms with Gasteiger partial charge in [-0.25, -0.2) is 4.98 Å². The molecule has 1 aromatic heterocycles. The number of pyridine rings is 1. The van der Waals surface area contributed by atoms with Crippen LogP contribution < -0.4 is 10.9 Å². The van der Waals surface area contributed by atoms with Gasteiger partial charge in [0, 0.05) is 11.4 Å². The van der Waals surface area contributed by atoms with Crippen LogP contribution in [0.3, 0.4) is 0 Å². The molecule has 0 bridgehead atoms. The zero-order chi connectivity index (χ0) is 9.84. The number of halogens is 1. The van der Waals surface area contributed by atoms with Crippen molar-refractivity contribution in [2.75, 3.05) is 5.43 Å². The molecule has 13 heavy (non-hydrogen) atoms. The zero-order valence-corrected chi connectivity index (χ0v) is 8.97. The summed E-state index contributed by atoms with van der Waals surface area (Å²) in [6.07, 6.45) is 0. The van der Waals surface area contributed by atoms with Crippen LogP contribution in [0.1, 0.15) is 12.6 Å². The molecule has 0 saturated carbocycles. The summed E-state index contributed by atoms with van der Waals surface area (Å²) in [6, 6.07) is 3.64. The molecule has 4 nitrogen and oxygen atoms in total. The van der Waals surface area contributed by atoms with Crippen molar-refractivity contribution in [3.05, 3.63) is 22.3 Å². The Kier molecular flexibility index (Phi) is 3.25. The molecule has 0 saturated heterocycles. The summed E-state index contributed by atoms with van der Waals surface area (Å²) in [6.45, 7) is 3.31. The van der Waals surface area contributed by atoms with E-state index in [1.807, 2.05) is 13.0 Å². The molecule has 70 valence electrons. The van der Waals surface area contributed by atoms with Gasteiger partial charge in [-0.3, -0.25) is 15.6 Å². The average Bonchev–Trinajstić information content (AvgIpc) is 2.07. The third-order valence-electron chi connectivity index (χ3n) is 1.39. The quantitative estimate of drug-likeness (QED) is 0.777. The predicted octanol–water partition coefficient (Wildman–Crippen LogP) is 1.62. The summed E-state index contributed by atoms with van der Waals surface area (Å²) in [7, 11) is 0. The fourth-order valence-electron chi connectivity index (χ4n) is 0.766. The molecule has 0 spiro atoms. The maximum atomic E-state index is 10.6. The summed E-state index contributed by atoms with van der Waals surface area (Å²) in [5.41, 5.74) is 5.99. The number of aryl methyl sites for hydroxylation is 1. The third kappa shape index (κ3) is 3.02. The number of anilines is 1. The van der Waals surface area contributed by atoms with Crippen LogP contribution >= 0.6 is 15.9 Å². The fourth-order valence-corrected chi connectivity index (χ4v) is 0.987. The van der Waals surface area contributed by atoms with Gasteiger partial charge in [0.25, 0.3) is 0 Å². The van der Waals surface area contributed by atoms with E-state index in [4.69, 9.17) is 0 Å². The molecule has 0 radical (unpaired) electrons. The van der Waals surface area contributed by atoms with Crippen LogP contribution in [0.4, 0.5) is 5.82 Å². The highest BCUT2D eigenvalue weighted by Crippen LogP contribution is 2.15. The van der Waals surface area contributed by atoms with Crippen molar-refractivity contribution in [2.45, 2.75) is 13.8 Å². The minimum atomic E-state index is -0.151. The van der Waals surface area contributed by atoms with E-state index in [2.05, 4.69) is 31.8 Å². The summed E-state index contributed by atoms with van der Waals surface area (Å²) in [5.74, 6) is 0.471. The number of nitrogens with one attached hydrogen (secondary N) is 2. The summed E-state index contributed by atoms with van der Waals surface area (Å²) in [4.78, 5) is 14.7. The summed E-state index contributed by atoms with van der Waals surface area (Å²) < 4.78 is 0.945. The lowest BCUT2D eigenvalue weighted by Crippen LogP contribution is -2.27. The van der Waals surface area contributed by atoms with E-state index in [1.165, 1.54) is 6.92 Å². The molecule has 0 unspecified atom stereocenters. The zero-order valence-electron chi connectivity index (χ0n) is 7.39. The van der Waals surface area contributed by atoms with Gasteiger partial charge in [0.1, 0.15) is 5.82 Å². The number of hydrogen-bond acceptors (Lipinski definition) is 3. The first-order valence-corrected chi connectivity index (χ1v) is 4.54. The maximum Gasteiger partial charge on any atom is 0.235 e. The van der Waals surface area contributed by atoms with Gasteiger partial charge in [0.05, 0.1) is 5.69 Å². The minimum Gasteiger partial charge on any atom is -0.282 e. The van der Waals surface area contributed by atoms with Crippen LogP contribution in [0, 0.1) is 6.92 Å². The molecule has 1 heterocycles. The van der Waals surface area contributed by atoms with E-state index in [1.54, 1.807) is 6.07 Å². The Bertz CT molecular complexity index is 327. The van der Waals surface area contributed by atoms with Crippen molar-refractivity contribution < 1.29 is 4.79 Å². The van der Waals surface area contributed by atoms with E-state index in [0.29, 0.717) is 5.82 Å². The molecule has 1 aromatic rings. The number of hydrazine groups is 1. The molecule has 0 aliphatic heterocycles. The van der Waals surface area contributed by atoms with Crippen LogP contribution in [0.5, 0.6) is 0 Å².